The van der Waals surface area contributed by atoms with Crippen LogP contribution in [0.5, 0.6) is 0 Å². The molecule has 1 heterocycles. The minimum atomic E-state index is -4.41. The summed E-state index contributed by atoms with van der Waals surface area (Å²) in [6.07, 6.45) is 0. The van der Waals surface area contributed by atoms with E-state index in [-0.39, 0.29) is 16.4 Å². The Bertz CT molecular complexity index is 1140. The lowest BCUT2D eigenvalue weighted by Gasteiger charge is -2.41. The molecule has 2 aromatic rings. The van der Waals surface area contributed by atoms with Crippen LogP contribution in [0.4, 0.5) is 10.5 Å². The van der Waals surface area contributed by atoms with Crippen molar-refractivity contribution >= 4 is 39.5 Å². The highest BCUT2D eigenvalue weighted by molar-refractivity contribution is 7.89. The van der Waals surface area contributed by atoms with Crippen molar-refractivity contribution < 1.29 is 27.6 Å². The Balaban J connectivity index is 2.12. The summed E-state index contributed by atoms with van der Waals surface area (Å²) in [5.74, 6) is -2.37. The van der Waals surface area contributed by atoms with Crippen LogP contribution in [0, 0.1) is 0 Å². The SMILES string of the molecule is CC(=O)Nc1ccc(S(=O)(=O)NC2(c3ccccc3)C(=O)N(C)C(=O)N(C)C2=O)cc1. The molecule has 1 fully saturated rings. The first kappa shape index (κ1) is 22.1. The Morgan fingerprint density at radius 3 is 1.87 bits per heavy atom. The number of urea groups is 1. The third-order valence-corrected chi connectivity index (χ3v) is 6.27. The number of barbiturate groups is 1. The summed E-state index contributed by atoms with van der Waals surface area (Å²) in [5.41, 5.74) is -1.93. The molecule has 1 aliphatic rings. The number of hydrogen-bond donors (Lipinski definition) is 2. The molecule has 0 aromatic heterocycles. The molecule has 162 valence electrons. The van der Waals surface area contributed by atoms with Crippen LogP contribution in [0.25, 0.3) is 0 Å². The van der Waals surface area contributed by atoms with Crippen molar-refractivity contribution in [2.45, 2.75) is 17.4 Å². The molecule has 0 atom stereocenters. The standard InChI is InChI=1S/C20H20N4O6S/c1-13(25)21-15-9-11-16(12-10-15)31(29,30)22-20(14-7-5-4-6-8-14)17(26)23(2)19(28)24(3)18(20)27/h4-12,22H,1-3H3,(H,21,25). The highest BCUT2D eigenvalue weighted by atomic mass is 32.2. The summed E-state index contributed by atoms with van der Waals surface area (Å²) in [6, 6.07) is 11.9. The van der Waals surface area contributed by atoms with Crippen LogP contribution in [0.1, 0.15) is 12.5 Å². The zero-order valence-corrected chi connectivity index (χ0v) is 17.8. The van der Waals surface area contributed by atoms with Gasteiger partial charge in [-0.15, -0.1) is 0 Å². The summed E-state index contributed by atoms with van der Waals surface area (Å²) < 4.78 is 28.6. The van der Waals surface area contributed by atoms with Crippen molar-refractivity contribution in [1.82, 2.24) is 14.5 Å². The third-order valence-electron chi connectivity index (χ3n) is 4.80. The smallest absolute Gasteiger partial charge is 0.326 e. The number of nitrogens with zero attached hydrogens (tertiary/aromatic N) is 2. The van der Waals surface area contributed by atoms with Gasteiger partial charge in [-0.05, 0) is 29.8 Å². The van der Waals surface area contributed by atoms with Gasteiger partial charge in [0.25, 0.3) is 11.8 Å². The van der Waals surface area contributed by atoms with E-state index >= 15 is 0 Å². The molecule has 1 saturated heterocycles. The fourth-order valence-electron chi connectivity index (χ4n) is 3.26. The van der Waals surface area contributed by atoms with Gasteiger partial charge in [0, 0.05) is 26.7 Å². The molecule has 2 N–H and O–H groups in total. The van der Waals surface area contributed by atoms with Gasteiger partial charge in [0.05, 0.1) is 4.90 Å². The molecule has 0 saturated carbocycles. The molecule has 0 radical (unpaired) electrons. The molecular formula is C20H20N4O6S. The van der Waals surface area contributed by atoms with Gasteiger partial charge in [0.2, 0.25) is 21.5 Å². The number of amides is 5. The molecule has 5 amide bonds. The van der Waals surface area contributed by atoms with Crippen LogP contribution in [-0.4, -0.2) is 56.1 Å². The van der Waals surface area contributed by atoms with Gasteiger partial charge >= 0.3 is 6.03 Å². The van der Waals surface area contributed by atoms with Crippen molar-refractivity contribution in [3.8, 4) is 0 Å². The first-order valence-electron chi connectivity index (χ1n) is 9.08. The largest absolute Gasteiger partial charge is 0.333 e. The second-order valence-electron chi connectivity index (χ2n) is 6.94. The van der Waals surface area contributed by atoms with E-state index in [1.54, 1.807) is 18.2 Å². The van der Waals surface area contributed by atoms with Gasteiger partial charge in [-0.3, -0.25) is 24.2 Å². The van der Waals surface area contributed by atoms with Crippen molar-refractivity contribution in [1.29, 1.82) is 0 Å². The second-order valence-corrected chi connectivity index (χ2v) is 8.62. The monoisotopic (exact) mass is 444 g/mol. The maximum atomic E-state index is 13.2. The Kier molecular flexibility index (Phi) is 5.66. The Morgan fingerprint density at radius 1 is 0.871 bits per heavy atom. The Hall–Kier alpha value is -3.57. The van der Waals surface area contributed by atoms with Gasteiger partial charge in [-0.2, -0.15) is 4.72 Å². The number of benzene rings is 2. The molecule has 3 rings (SSSR count). The van der Waals surface area contributed by atoms with Crippen molar-refractivity contribution in [2.24, 2.45) is 0 Å². The van der Waals surface area contributed by atoms with Gasteiger partial charge in [-0.25, -0.2) is 13.2 Å². The molecule has 0 aliphatic carbocycles. The van der Waals surface area contributed by atoms with Crippen LogP contribution in [-0.2, 0) is 29.9 Å². The number of rotatable bonds is 5. The minimum Gasteiger partial charge on any atom is -0.326 e. The maximum absolute atomic E-state index is 13.2. The van der Waals surface area contributed by atoms with Crippen molar-refractivity contribution in [2.75, 3.05) is 19.4 Å². The number of carbonyl (C=O) groups excluding carboxylic acids is 4. The van der Waals surface area contributed by atoms with E-state index in [4.69, 9.17) is 0 Å². The average molecular weight is 444 g/mol. The van der Waals surface area contributed by atoms with Crippen LogP contribution in [0.3, 0.4) is 0 Å². The van der Waals surface area contributed by atoms with Crippen molar-refractivity contribution in [3.63, 3.8) is 0 Å². The van der Waals surface area contributed by atoms with Crippen molar-refractivity contribution in [3.05, 3.63) is 60.2 Å². The molecule has 0 bridgehead atoms. The normalized spacial score (nSPS) is 16.4. The van der Waals surface area contributed by atoms with Crippen LogP contribution < -0.4 is 10.0 Å². The topological polar surface area (TPSA) is 133 Å². The number of likely N-dealkylation sites (N-methyl/N-ethyl adjacent to an activating group) is 2. The van der Waals surface area contributed by atoms with Gasteiger partial charge in [0.15, 0.2) is 0 Å². The summed E-state index contributed by atoms with van der Waals surface area (Å²) in [6.45, 7) is 1.31. The van der Waals surface area contributed by atoms with E-state index in [2.05, 4.69) is 10.0 Å². The number of sulfonamides is 1. The number of hydrogen-bond acceptors (Lipinski definition) is 6. The molecule has 0 unspecified atom stereocenters. The lowest BCUT2D eigenvalue weighted by Crippen LogP contribution is -2.71. The van der Waals surface area contributed by atoms with Gasteiger partial charge < -0.3 is 5.32 Å². The highest BCUT2D eigenvalue weighted by Crippen LogP contribution is 2.32. The fourth-order valence-corrected chi connectivity index (χ4v) is 4.56. The molecule has 2 aromatic carbocycles. The van der Waals surface area contributed by atoms with E-state index in [1.165, 1.54) is 57.4 Å². The average Bonchev–Trinajstić information content (AvgIpc) is 2.74. The van der Waals surface area contributed by atoms with Gasteiger partial charge in [-0.1, -0.05) is 30.3 Å². The van der Waals surface area contributed by atoms with E-state index in [0.29, 0.717) is 15.5 Å². The van der Waals surface area contributed by atoms with Crippen LogP contribution in [0.2, 0.25) is 0 Å². The molecule has 1 aliphatic heterocycles. The maximum Gasteiger partial charge on any atom is 0.333 e. The van der Waals surface area contributed by atoms with E-state index in [0.717, 1.165) is 0 Å². The third kappa shape index (κ3) is 3.80. The lowest BCUT2D eigenvalue weighted by molar-refractivity contribution is -0.151. The highest BCUT2D eigenvalue weighted by Gasteiger charge is 2.58. The minimum absolute atomic E-state index is 0.0645. The molecule has 10 nitrogen and oxygen atoms in total. The van der Waals surface area contributed by atoms with E-state index < -0.39 is 33.4 Å². The fraction of sp³-hybridized carbons (Fsp3) is 0.200. The summed E-state index contributed by atoms with van der Waals surface area (Å²) in [4.78, 5) is 50.9. The van der Waals surface area contributed by atoms with E-state index in [9.17, 15) is 27.6 Å². The number of carbonyl (C=O) groups is 4. The predicted molar refractivity (Wildman–Crippen MR) is 110 cm³/mol. The Morgan fingerprint density at radius 2 is 1.39 bits per heavy atom. The zero-order valence-electron chi connectivity index (χ0n) is 16.9. The molecular weight excluding hydrogens is 424 g/mol. The second kappa shape index (κ2) is 7.93. The van der Waals surface area contributed by atoms with Crippen LogP contribution >= 0.6 is 0 Å². The zero-order chi connectivity index (χ0) is 23.0. The predicted octanol–water partition coefficient (Wildman–Crippen LogP) is 0.869. The molecule has 31 heavy (non-hydrogen) atoms. The van der Waals surface area contributed by atoms with E-state index in [1.807, 2.05) is 0 Å². The van der Waals surface area contributed by atoms with Gasteiger partial charge in [0.1, 0.15) is 0 Å². The number of imide groups is 2. The summed E-state index contributed by atoms with van der Waals surface area (Å²) in [7, 11) is -2.07. The Labute approximate surface area is 178 Å². The number of nitrogens with one attached hydrogen (secondary N) is 2. The molecule has 0 spiro atoms. The summed E-state index contributed by atoms with van der Waals surface area (Å²) in [5, 5.41) is 2.52. The lowest BCUT2D eigenvalue weighted by atomic mass is 9.86. The quantitative estimate of drug-likeness (QED) is 0.658. The first-order chi connectivity index (χ1) is 14.5. The molecule has 11 heteroatoms. The first-order valence-corrected chi connectivity index (χ1v) is 10.6. The van der Waals surface area contributed by atoms with Crippen LogP contribution in [0.15, 0.2) is 59.5 Å². The number of anilines is 1. The summed E-state index contributed by atoms with van der Waals surface area (Å²) >= 11 is 0.